The topological polar surface area (TPSA) is 26.3 Å². The first-order valence-corrected chi connectivity index (χ1v) is 12.6. The Kier molecular flexibility index (Phi) is 6.78. The molecular formula is C28H25FO2P+. The molecule has 2 nitrogen and oxygen atoms in total. The SMILES string of the molecule is CCOC(=O)c1ccc(C[P+](c2ccccc2)(c2ccccc2)c2ccccc2)c(F)c1. The van der Waals surface area contributed by atoms with Gasteiger partial charge in [0.05, 0.1) is 12.2 Å². The zero-order chi connectivity index (χ0) is 22.4. The number of hydrogen-bond acceptors (Lipinski definition) is 2. The largest absolute Gasteiger partial charge is 0.462 e. The smallest absolute Gasteiger partial charge is 0.338 e. The quantitative estimate of drug-likeness (QED) is 0.279. The lowest BCUT2D eigenvalue weighted by atomic mass is 10.1. The fourth-order valence-corrected chi connectivity index (χ4v) is 8.29. The van der Waals surface area contributed by atoms with Gasteiger partial charge in [-0.25, -0.2) is 9.18 Å². The van der Waals surface area contributed by atoms with Gasteiger partial charge < -0.3 is 4.74 Å². The van der Waals surface area contributed by atoms with Crippen molar-refractivity contribution in [2.45, 2.75) is 13.1 Å². The second-order valence-electron chi connectivity index (χ2n) is 7.50. The molecule has 0 aliphatic carbocycles. The highest BCUT2D eigenvalue weighted by Gasteiger charge is 2.45. The van der Waals surface area contributed by atoms with Gasteiger partial charge in [-0.3, -0.25) is 0 Å². The summed E-state index contributed by atoms with van der Waals surface area (Å²) in [5.41, 5.74) is 0.819. The first kappa shape index (κ1) is 21.9. The van der Waals surface area contributed by atoms with Gasteiger partial charge in [-0.05, 0) is 55.5 Å². The molecule has 4 aromatic rings. The second-order valence-corrected chi connectivity index (χ2v) is 11.0. The number of esters is 1. The highest BCUT2D eigenvalue weighted by atomic mass is 31.2. The van der Waals surface area contributed by atoms with E-state index in [1.807, 2.05) is 54.6 Å². The predicted octanol–water partition coefficient (Wildman–Crippen LogP) is 5.50. The van der Waals surface area contributed by atoms with Gasteiger partial charge in [0.25, 0.3) is 0 Å². The van der Waals surface area contributed by atoms with E-state index >= 15 is 4.39 Å². The minimum absolute atomic E-state index is 0.233. The average Bonchev–Trinajstić information content (AvgIpc) is 2.85. The van der Waals surface area contributed by atoms with Crippen LogP contribution in [0.4, 0.5) is 4.39 Å². The maximum absolute atomic E-state index is 15.3. The molecule has 160 valence electrons. The van der Waals surface area contributed by atoms with Crippen molar-refractivity contribution in [3.05, 3.63) is 126 Å². The zero-order valence-electron chi connectivity index (χ0n) is 17.9. The number of halogens is 1. The number of benzene rings is 4. The van der Waals surface area contributed by atoms with Gasteiger partial charge in [0.2, 0.25) is 0 Å². The molecule has 0 unspecified atom stereocenters. The van der Waals surface area contributed by atoms with Crippen molar-refractivity contribution in [2.24, 2.45) is 0 Å². The van der Waals surface area contributed by atoms with E-state index in [2.05, 4.69) is 36.4 Å². The van der Waals surface area contributed by atoms with Crippen LogP contribution in [-0.4, -0.2) is 12.6 Å². The van der Waals surface area contributed by atoms with E-state index in [-0.39, 0.29) is 18.0 Å². The molecule has 0 fully saturated rings. The third-order valence-corrected chi connectivity index (χ3v) is 9.92. The third-order valence-electron chi connectivity index (χ3n) is 5.56. The summed E-state index contributed by atoms with van der Waals surface area (Å²) in [5, 5.41) is 3.56. The van der Waals surface area contributed by atoms with Crippen LogP contribution in [0.15, 0.2) is 109 Å². The van der Waals surface area contributed by atoms with Gasteiger partial charge >= 0.3 is 5.97 Å². The molecule has 0 radical (unpaired) electrons. The van der Waals surface area contributed by atoms with E-state index in [9.17, 15) is 4.79 Å². The number of rotatable bonds is 7. The molecular weight excluding hydrogens is 418 g/mol. The summed E-state index contributed by atoms with van der Waals surface area (Å²) < 4.78 is 20.4. The number of carbonyl (C=O) groups is 1. The summed E-state index contributed by atoms with van der Waals surface area (Å²) in [6, 6.07) is 35.7. The van der Waals surface area contributed by atoms with Crippen molar-refractivity contribution < 1.29 is 13.9 Å². The van der Waals surface area contributed by atoms with Crippen LogP contribution < -0.4 is 15.9 Å². The first-order chi connectivity index (χ1) is 15.6. The Hall–Kier alpha value is -3.29. The first-order valence-electron chi connectivity index (χ1n) is 10.7. The average molecular weight is 443 g/mol. The lowest BCUT2D eigenvalue weighted by Crippen LogP contribution is -2.32. The van der Waals surface area contributed by atoms with E-state index in [4.69, 9.17) is 4.74 Å². The van der Waals surface area contributed by atoms with Crippen molar-refractivity contribution in [1.29, 1.82) is 0 Å². The van der Waals surface area contributed by atoms with E-state index in [0.717, 1.165) is 0 Å². The van der Waals surface area contributed by atoms with Crippen molar-refractivity contribution in [3.63, 3.8) is 0 Å². The Balaban J connectivity index is 1.90. The van der Waals surface area contributed by atoms with Crippen molar-refractivity contribution in [1.82, 2.24) is 0 Å². The Morgan fingerprint density at radius 1 is 0.750 bits per heavy atom. The normalized spacial score (nSPS) is 11.2. The van der Waals surface area contributed by atoms with Crippen molar-refractivity contribution in [3.8, 4) is 0 Å². The van der Waals surface area contributed by atoms with Crippen LogP contribution in [0.25, 0.3) is 0 Å². The molecule has 32 heavy (non-hydrogen) atoms. The van der Waals surface area contributed by atoms with Crippen LogP contribution in [-0.2, 0) is 10.9 Å². The molecule has 4 heteroatoms. The van der Waals surface area contributed by atoms with Gasteiger partial charge in [-0.1, -0.05) is 60.7 Å². The van der Waals surface area contributed by atoms with Crippen molar-refractivity contribution >= 4 is 29.1 Å². The van der Waals surface area contributed by atoms with Gasteiger partial charge in [-0.2, -0.15) is 0 Å². The Morgan fingerprint density at radius 2 is 1.22 bits per heavy atom. The summed E-state index contributed by atoms with van der Waals surface area (Å²) in [6.07, 6.45) is 0.514. The van der Waals surface area contributed by atoms with E-state index in [0.29, 0.717) is 11.7 Å². The molecule has 0 bridgehead atoms. The summed E-state index contributed by atoms with van der Waals surface area (Å²) in [7, 11) is -2.21. The number of hydrogen-bond donors (Lipinski definition) is 0. The molecule has 0 amide bonds. The van der Waals surface area contributed by atoms with E-state index in [1.54, 1.807) is 19.1 Å². The molecule has 0 aromatic heterocycles. The van der Waals surface area contributed by atoms with E-state index < -0.39 is 13.2 Å². The van der Waals surface area contributed by atoms with Gasteiger partial charge in [-0.15, -0.1) is 0 Å². The highest BCUT2D eigenvalue weighted by molar-refractivity contribution is 7.95. The van der Waals surface area contributed by atoms with Crippen LogP contribution in [0.5, 0.6) is 0 Å². The summed E-state index contributed by atoms with van der Waals surface area (Å²) in [5.74, 6) is -0.893. The minimum Gasteiger partial charge on any atom is -0.462 e. The maximum Gasteiger partial charge on any atom is 0.338 e. The maximum atomic E-state index is 15.3. The minimum atomic E-state index is -2.21. The van der Waals surface area contributed by atoms with Crippen LogP contribution in [0.2, 0.25) is 0 Å². The molecule has 4 rings (SSSR count). The van der Waals surface area contributed by atoms with E-state index in [1.165, 1.54) is 22.0 Å². The Labute approximate surface area is 189 Å². The molecule has 0 N–H and O–H groups in total. The molecule has 0 saturated carbocycles. The molecule has 0 aliphatic heterocycles. The molecule has 4 aromatic carbocycles. The molecule has 0 aliphatic rings. The molecule has 0 heterocycles. The summed E-state index contributed by atoms with van der Waals surface area (Å²) in [4.78, 5) is 12.1. The number of ether oxygens (including phenoxy) is 1. The predicted molar refractivity (Wildman–Crippen MR) is 131 cm³/mol. The van der Waals surface area contributed by atoms with Crippen LogP contribution in [0.1, 0.15) is 22.8 Å². The Bertz CT molecular complexity index is 1080. The summed E-state index contributed by atoms with van der Waals surface area (Å²) in [6.45, 7) is 1.99. The van der Waals surface area contributed by atoms with Gasteiger partial charge in [0.15, 0.2) is 0 Å². The van der Waals surface area contributed by atoms with Gasteiger partial charge in [0, 0.05) is 5.56 Å². The monoisotopic (exact) mass is 443 g/mol. The van der Waals surface area contributed by atoms with Crippen LogP contribution in [0, 0.1) is 5.82 Å². The molecule has 0 atom stereocenters. The summed E-state index contributed by atoms with van der Waals surface area (Å²) >= 11 is 0. The third kappa shape index (κ3) is 4.35. The molecule has 0 spiro atoms. The second kappa shape index (κ2) is 9.89. The zero-order valence-corrected chi connectivity index (χ0v) is 18.8. The lowest BCUT2D eigenvalue weighted by molar-refractivity contribution is 0.0526. The highest BCUT2D eigenvalue weighted by Crippen LogP contribution is 2.58. The fraction of sp³-hybridized carbons (Fsp3) is 0.107. The Morgan fingerprint density at radius 3 is 1.62 bits per heavy atom. The standard InChI is InChI=1S/C28H25FO2P/c1-2-31-28(30)22-18-19-23(27(29)20-22)21-32(24-12-6-3-7-13-24,25-14-8-4-9-15-25)26-16-10-5-11-17-26/h3-20H,2,21H2,1H3/q+1. The lowest BCUT2D eigenvalue weighted by Gasteiger charge is -2.28. The van der Waals surface area contributed by atoms with Gasteiger partial charge in [0.1, 0.15) is 35.2 Å². The fourth-order valence-electron chi connectivity index (χ4n) is 4.04. The van der Waals surface area contributed by atoms with Crippen molar-refractivity contribution in [2.75, 3.05) is 6.61 Å². The molecule has 0 saturated heterocycles. The van der Waals surface area contributed by atoms with Crippen LogP contribution in [0.3, 0.4) is 0 Å². The number of carbonyl (C=O) groups excluding carboxylic acids is 1. The van der Waals surface area contributed by atoms with Crippen LogP contribution >= 0.6 is 7.26 Å².